The molecule has 0 aromatic rings. The average molecular weight is 186 g/mol. The third-order valence-electron chi connectivity index (χ3n) is 2.49. The van der Waals surface area contributed by atoms with Gasteiger partial charge >= 0.3 is 0 Å². The monoisotopic (exact) mass is 186 g/mol. The zero-order valence-electron chi connectivity index (χ0n) is 9.26. The zero-order chi connectivity index (χ0) is 10.5. The van der Waals surface area contributed by atoms with Crippen LogP contribution in [0.4, 0.5) is 0 Å². The van der Waals surface area contributed by atoms with Gasteiger partial charge in [-0.15, -0.1) is 6.58 Å². The molecule has 0 aromatic carbocycles. The predicted molar refractivity (Wildman–Crippen MR) is 55.8 cm³/mol. The summed E-state index contributed by atoms with van der Waals surface area (Å²) in [4.78, 5) is 0. The second-order valence-electron chi connectivity index (χ2n) is 4.35. The molecule has 0 amide bonds. The lowest BCUT2D eigenvalue weighted by Gasteiger charge is -2.37. The van der Waals surface area contributed by atoms with Crippen molar-refractivity contribution in [2.45, 2.75) is 51.7 Å². The SMILES string of the molecule is C=CCCCOC(C)(C)C(C)(C)O. The Bertz CT molecular complexity index is 154. The van der Waals surface area contributed by atoms with Crippen LogP contribution in [0.3, 0.4) is 0 Å². The first-order chi connectivity index (χ1) is 5.81. The van der Waals surface area contributed by atoms with Crippen LogP contribution in [-0.2, 0) is 4.74 Å². The number of ether oxygens (including phenoxy) is 1. The van der Waals surface area contributed by atoms with Gasteiger partial charge in [0.2, 0.25) is 0 Å². The summed E-state index contributed by atoms with van der Waals surface area (Å²) in [7, 11) is 0. The van der Waals surface area contributed by atoms with Crippen LogP contribution >= 0.6 is 0 Å². The maximum Gasteiger partial charge on any atom is 0.0906 e. The van der Waals surface area contributed by atoms with E-state index in [-0.39, 0.29) is 0 Å². The maximum absolute atomic E-state index is 9.76. The molecule has 0 saturated carbocycles. The Morgan fingerprint density at radius 2 is 1.85 bits per heavy atom. The highest BCUT2D eigenvalue weighted by atomic mass is 16.5. The van der Waals surface area contributed by atoms with E-state index in [1.165, 1.54) is 0 Å². The molecule has 0 fully saturated rings. The quantitative estimate of drug-likeness (QED) is 0.510. The van der Waals surface area contributed by atoms with Crippen LogP contribution in [0.2, 0.25) is 0 Å². The number of hydrogen-bond acceptors (Lipinski definition) is 2. The molecule has 2 heteroatoms. The van der Waals surface area contributed by atoms with Crippen LogP contribution in [0.25, 0.3) is 0 Å². The topological polar surface area (TPSA) is 29.5 Å². The van der Waals surface area contributed by atoms with Gasteiger partial charge in [0.1, 0.15) is 0 Å². The van der Waals surface area contributed by atoms with Gasteiger partial charge in [0.05, 0.1) is 11.2 Å². The van der Waals surface area contributed by atoms with Gasteiger partial charge in [-0.25, -0.2) is 0 Å². The molecule has 0 unspecified atom stereocenters. The van der Waals surface area contributed by atoms with E-state index in [1.807, 2.05) is 19.9 Å². The van der Waals surface area contributed by atoms with Crippen molar-refractivity contribution in [3.05, 3.63) is 12.7 Å². The molecule has 0 aromatic heterocycles. The molecule has 0 aliphatic heterocycles. The van der Waals surface area contributed by atoms with Crippen molar-refractivity contribution in [2.75, 3.05) is 6.61 Å². The molecule has 13 heavy (non-hydrogen) atoms. The molecule has 78 valence electrons. The Kier molecular flexibility index (Phi) is 4.65. The molecular weight excluding hydrogens is 164 g/mol. The normalized spacial score (nSPS) is 13.0. The van der Waals surface area contributed by atoms with Gasteiger partial charge in [0.25, 0.3) is 0 Å². The van der Waals surface area contributed by atoms with Crippen LogP contribution in [0, 0.1) is 0 Å². The molecule has 0 rings (SSSR count). The zero-order valence-corrected chi connectivity index (χ0v) is 9.26. The van der Waals surface area contributed by atoms with Gasteiger partial charge in [0.15, 0.2) is 0 Å². The van der Waals surface area contributed by atoms with Gasteiger partial charge in [-0.05, 0) is 40.5 Å². The molecule has 0 aliphatic carbocycles. The summed E-state index contributed by atoms with van der Waals surface area (Å²) in [6.07, 6.45) is 3.80. The lowest BCUT2D eigenvalue weighted by atomic mass is 9.89. The molecule has 1 N–H and O–H groups in total. The van der Waals surface area contributed by atoms with Gasteiger partial charge in [0, 0.05) is 6.61 Å². The summed E-state index contributed by atoms with van der Waals surface area (Å²) in [5, 5.41) is 9.76. The number of unbranched alkanes of at least 4 members (excludes halogenated alkanes) is 1. The van der Waals surface area contributed by atoms with Crippen molar-refractivity contribution in [3.8, 4) is 0 Å². The minimum Gasteiger partial charge on any atom is -0.387 e. The van der Waals surface area contributed by atoms with E-state index < -0.39 is 11.2 Å². The molecule has 0 radical (unpaired) electrons. The highest BCUT2D eigenvalue weighted by Crippen LogP contribution is 2.24. The van der Waals surface area contributed by atoms with Crippen molar-refractivity contribution < 1.29 is 9.84 Å². The van der Waals surface area contributed by atoms with Crippen molar-refractivity contribution in [2.24, 2.45) is 0 Å². The summed E-state index contributed by atoms with van der Waals surface area (Å²) >= 11 is 0. The van der Waals surface area contributed by atoms with E-state index in [4.69, 9.17) is 4.74 Å². The molecule has 2 nitrogen and oxygen atoms in total. The lowest BCUT2D eigenvalue weighted by molar-refractivity contribution is -0.147. The molecule has 0 bridgehead atoms. The predicted octanol–water partition coefficient (Wildman–Crippen LogP) is 2.52. The molecule has 0 heterocycles. The van der Waals surface area contributed by atoms with Gasteiger partial charge in [-0.2, -0.15) is 0 Å². The van der Waals surface area contributed by atoms with Crippen LogP contribution in [0.5, 0.6) is 0 Å². The summed E-state index contributed by atoms with van der Waals surface area (Å²) in [6, 6.07) is 0. The molecule has 0 atom stereocenters. The number of rotatable bonds is 6. The molecule has 0 saturated heterocycles. The van der Waals surface area contributed by atoms with E-state index in [1.54, 1.807) is 13.8 Å². The van der Waals surface area contributed by atoms with Gasteiger partial charge in [-0.1, -0.05) is 6.08 Å². The Balaban J connectivity index is 3.83. The Morgan fingerprint density at radius 1 is 1.31 bits per heavy atom. The van der Waals surface area contributed by atoms with Crippen molar-refractivity contribution in [1.82, 2.24) is 0 Å². The van der Waals surface area contributed by atoms with E-state index in [0.29, 0.717) is 6.61 Å². The number of allylic oxidation sites excluding steroid dienone is 1. The summed E-state index contributed by atoms with van der Waals surface area (Å²) in [5.41, 5.74) is -1.30. The second-order valence-corrected chi connectivity index (χ2v) is 4.35. The van der Waals surface area contributed by atoms with Gasteiger partial charge < -0.3 is 9.84 Å². The second kappa shape index (κ2) is 4.77. The van der Waals surface area contributed by atoms with E-state index in [2.05, 4.69) is 6.58 Å². The van der Waals surface area contributed by atoms with Crippen molar-refractivity contribution in [3.63, 3.8) is 0 Å². The standard InChI is InChI=1S/C11H22O2/c1-6-7-8-9-13-11(4,5)10(2,3)12/h6,12H,1,7-9H2,2-5H3. The van der Waals surface area contributed by atoms with Gasteiger partial charge in [-0.3, -0.25) is 0 Å². The van der Waals surface area contributed by atoms with Crippen LogP contribution in [-0.4, -0.2) is 22.9 Å². The Morgan fingerprint density at radius 3 is 2.23 bits per heavy atom. The fraction of sp³-hybridized carbons (Fsp3) is 0.818. The smallest absolute Gasteiger partial charge is 0.0906 e. The third-order valence-corrected chi connectivity index (χ3v) is 2.49. The average Bonchev–Trinajstić information content (AvgIpc) is 1.96. The fourth-order valence-electron chi connectivity index (χ4n) is 0.732. The first-order valence-corrected chi connectivity index (χ1v) is 4.78. The fourth-order valence-corrected chi connectivity index (χ4v) is 0.732. The maximum atomic E-state index is 9.76. The first-order valence-electron chi connectivity index (χ1n) is 4.78. The van der Waals surface area contributed by atoms with E-state index >= 15 is 0 Å². The molecule has 0 spiro atoms. The summed E-state index contributed by atoms with van der Waals surface area (Å²) in [6.45, 7) is 11.6. The lowest BCUT2D eigenvalue weighted by Crippen LogP contribution is -2.47. The summed E-state index contributed by atoms with van der Waals surface area (Å²) in [5.74, 6) is 0. The minimum absolute atomic E-state index is 0.492. The minimum atomic E-state index is -0.804. The number of hydrogen-bond donors (Lipinski definition) is 1. The molecular formula is C11H22O2. The van der Waals surface area contributed by atoms with Crippen molar-refractivity contribution in [1.29, 1.82) is 0 Å². The van der Waals surface area contributed by atoms with Crippen LogP contribution < -0.4 is 0 Å². The van der Waals surface area contributed by atoms with Crippen LogP contribution in [0.15, 0.2) is 12.7 Å². The Labute approximate surface area is 81.6 Å². The van der Waals surface area contributed by atoms with Crippen molar-refractivity contribution >= 4 is 0 Å². The Hall–Kier alpha value is -0.340. The molecule has 0 aliphatic rings. The number of aliphatic hydroxyl groups is 1. The van der Waals surface area contributed by atoms with E-state index in [9.17, 15) is 5.11 Å². The van der Waals surface area contributed by atoms with E-state index in [0.717, 1.165) is 12.8 Å². The first kappa shape index (κ1) is 12.7. The highest BCUT2D eigenvalue weighted by molar-refractivity contribution is 4.87. The third kappa shape index (κ3) is 4.44. The van der Waals surface area contributed by atoms with Crippen LogP contribution in [0.1, 0.15) is 40.5 Å². The summed E-state index contributed by atoms with van der Waals surface area (Å²) < 4.78 is 5.60. The highest BCUT2D eigenvalue weighted by Gasteiger charge is 2.35. The largest absolute Gasteiger partial charge is 0.387 e.